The monoisotopic (exact) mass is 199 g/mol. The van der Waals surface area contributed by atoms with Crippen molar-refractivity contribution in [3.05, 3.63) is 34.9 Å². The van der Waals surface area contributed by atoms with Crippen molar-refractivity contribution in [2.45, 2.75) is 26.2 Å². The van der Waals surface area contributed by atoms with Crippen LogP contribution >= 0.6 is 0 Å². The lowest BCUT2D eigenvalue weighted by molar-refractivity contribution is 0.451. The van der Waals surface area contributed by atoms with Crippen molar-refractivity contribution in [2.24, 2.45) is 5.73 Å². The molecule has 0 bridgehead atoms. The molecule has 0 amide bonds. The normalized spacial score (nSPS) is 11.9. The molecule has 3 heteroatoms. The molecule has 0 saturated carbocycles. The topological polar surface area (TPSA) is 26.0 Å². The Labute approximate surface area is 82.9 Å². The molecule has 1 rings (SSSR count). The fourth-order valence-electron chi connectivity index (χ4n) is 1.38. The number of benzene rings is 1. The molecule has 0 aliphatic carbocycles. The third-order valence-electron chi connectivity index (χ3n) is 2.47. The Kier molecular flexibility index (Phi) is 2.90. The number of nitrogens with two attached hydrogens (primary N) is 1. The molecule has 0 atom stereocenters. The van der Waals surface area contributed by atoms with Gasteiger partial charge in [-0.2, -0.15) is 0 Å². The number of aryl methyl sites for hydroxylation is 1. The van der Waals surface area contributed by atoms with Crippen molar-refractivity contribution in [3.63, 3.8) is 0 Å². The van der Waals surface area contributed by atoms with Crippen LogP contribution < -0.4 is 5.73 Å². The Hall–Kier alpha value is -0.960. The van der Waals surface area contributed by atoms with Crippen molar-refractivity contribution < 1.29 is 8.78 Å². The van der Waals surface area contributed by atoms with E-state index in [1.165, 1.54) is 12.1 Å². The summed E-state index contributed by atoms with van der Waals surface area (Å²) in [5.74, 6) is -1.01. The maximum atomic E-state index is 13.6. The van der Waals surface area contributed by atoms with Crippen LogP contribution in [0.15, 0.2) is 12.1 Å². The SMILES string of the molecule is Cc1ccc(F)c(C(C)(C)CN)c1F. The van der Waals surface area contributed by atoms with Crippen molar-refractivity contribution in [1.29, 1.82) is 0 Å². The first-order valence-electron chi connectivity index (χ1n) is 4.55. The number of hydrogen-bond acceptors (Lipinski definition) is 1. The van der Waals surface area contributed by atoms with Crippen molar-refractivity contribution in [1.82, 2.24) is 0 Å². The lowest BCUT2D eigenvalue weighted by Crippen LogP contribution is -2.30. The summed E-state index contributed by atoms with van der Waals surface area (Å²) in [4.78, 5) is 0. The van der Waals surface area contributed by atoms with Gasteiger partial charge in [0.15, 0.2) is 0 Å². The minimum Gasteiger partial charge on any atom is -0.330 e. The van der Waals surface area contributed by atoms with E-state index in [9.17, 15) is 8.78 Å². The second-order valence-corrected chi connectivity index (χ2v) is 4.14. The first-order valence-corrected chi connectivity index (χ1v) is 4.55. The summed E-state index contributed by atoms with van der Waals surface area (Å²) in [5, 5.41) is 0. The number of rotatable bonds is 2. The molecule has 0 saturated heterocycles. The molecule has 0 spiro atoms. The van der Waals surface area contributed by atoms with E-state index in [1.807, 2.05) is 0 Å². The molecule has 0 aliphatic heterocycles. The molecule has 0 aliphatic rings. The summed E-state index contributed by atoms with van der Waals surface area (Å²) in [5.41, 5.74) is 5.36. The molecular formula is C11H15F2N. The number of hydrogen-bond donors (Lipinski definition) is 1. The molecule has 14 heavy (non-hydrogen) atoms. The molecule has 1 aromatic rings. The summed E-state index contributed by atoms with van der Waals surface area (Å²) < 4.78 is 27.1. The molecule has 0 aromatic heterocycles. The zero-order valence-electron chi connectivity index (χ0n) is 8.70. The van der Waals surface area contributed by atoms with Crippen molar-refractivity contribution in [2.75, 3.05) is 6.54 Å². The van der Waals surface area contributed by atoms with E-state index in [-0.39, 0.29) is 12.1 Å². The Balaban J connectivity index is 3.40. The van der Waals surface area contributed by atoms with Gasteiger partial charge in [0.1, 0.15) is 11.6 Å². The van der Waals surface area contributed by atoms with Gasteiger partial charge in [0.05, 0.1) is 0 Å². The van der Waals surface area contributed by atoms with E-state index in [2.05, 4.69) is 0 Å². The molecule has 0 radical (unpaired) electrons. The highest BCUT2D eigenvalue weighted by Crippen LogP contribution is 2.28. The van der Waals surface area contributed by atoms with Crippen LogP contribution in [-0.2, 0) is 5.41 Å². The van der Waals surface area contributed by atoms with Crippen LogP contribution in [0.1, 0.15) is 25.0 Å². The Morgan fingerprint density at radius 3 is 2.36 bits per heavy atom. The molecule has 0 unspecified atom stereocenters. The third kappa shape index (κ3) is 1.77. The zero-order valence-corrected chi connectivity index (χ0v) is 8.70. The largest absolute Gasteiger partial charge is 0.330 e. The Morgan fingerprint density at radius 1 is 1.29 bits per heavy atom. The second-order valence-electron chi connectivity index (χ2n) is 4.14. The predicted octanol–water partition coefficient (Wildman–Crippen LogP) is 2.51. The smallest absolute Gasteiger partial charge is 0.132 e. The van der Waals surface area contributed by atoms with Crippen LogP contribution in [0.2, 0.25) is 0 Å². The summed E-state index contributed by atoms with van der Waals surface area (Å²) in [6, 6.07) is 2.71. The Morgan fingerprint density at radius 2 is 1.86 bits per heavy atom. The van der Waals surface area contributed by atoms with Crippen molar-refractivity contribution >= 4 is 0 Å². The van der Waals surface area contributed by atoms with Gasteiger partial charge in [-0.15, -0.1) is 0 Å². The average molecular weight is 199 g/mol. The molecule has 2 N–H and O–H groups in total. The van der Waals surface area contributed by atoms with Gasteiger partial charge in [0, 0.05) is 17.5 Å². The van der Waals surface area contributed by atoms with Crippen LogP contribution in [0.25, 0.3) is 0 Å². The first kappa shape index (κ1) is 11.1. The maximum Gasteiger partial charge on any atom is 0.132 e. The highest BCUT2D eigenvalue weighted by molar-refractivity contribution is 5.32. The lowest BCUT2D eigenvalue weighted by atomic mass is 9.83. The molecule has 78 valence electrons. The van der Waals surface area contributed by atoms with Gasteiger partial charge in [-0.1, -0.05) is 19.9 Å². The van der Waals surface area contributed by atoms with Gasteiger partial charge in [-0.05, 0) is 18.6 Å². The summed E-state index contributed by atoms with van der Waals surface area (Å²) in [6.45, 7) is 5.29. The van der Waals surface area contributed by atoms with Crippen LogP contribution in [0.4, 0.5) is 8.78 Å². The van der Waals surface area contributed by atoms with Crippen LogP contribution in [0, 0.1) is 18.6 Å². The quantitative estimate of drug-likeness (QED) is 0.778. The van der Waals surface area contributed by atoms with Gasteiger partial charge in [0.2, 0.25) is 0 Å². The minimum atomic E-state index is -0.666. The summed E-state index contributed by atoms with van der Waals surface area (Å²) in [6.07, 6.45) is 0. The van der Waals surface area contributed by atoms with E-state index in [4.69, 9.17) is 5.73 Å². The van der Waals surface area contributed by atoms with Gasteiger partial charge < -0.3 is 5.73 Å². The van der Waals surface area contributed by atoms with E-state index < -0.39 is 17.0 Å². The molecule has 1 nitrogen and oxygen atoms in total. The average Bonchev–Trinajstić information content (AvgIpc) is 2.12. The molecule has 0 heterocycles. The number of halogens is 2. The maximum absolute atomic E-state index is 13.6. The molecule has 1 aromatic carbocycles. The molecule has 0 fully saturated rings. The summed E-state index contributed by atoms with van der Waals surface area (Å²) in [7, 11) is 0. The first-order chi connectivity index (χ1) is 6.40. The van der Waals surface area contributed by atoms with Gasteiger partial charge >= 0.3 is 0 Å². The van der Waals surface area contributed by atoms with E-state index in [0.29, 0.717) is 5.56 Å². The fourth-order valence-corrected chi connectivity index (χ4v) is 1.38. The lowest BCUT2D eigenvalue weighted by Gasteiger charge is -2.24. The highest BCUT2D eigenvalue weighted by atomic mass is 19.1. The van der Waals surface area contributed by atoms with Crippen LogP contribution in [-0.4, -0.2) is 6.54 Å². The van der Waals surface area contributed by atoms with E-state index >= 15 is 0 Å². The third-order valence-corrected chi connectivity index (χ3v) is 2.47. The van der Waals surface area contributed by atoms with E-state index in [1.54, 1.807) is 20.8 Å². The minimum absolute atomic E-state index is 0.0833. The van der Waals surface area contributed by atoms with E-state index in [0.717, 1.165) is 0 Å². The standard InChI is InChI=1S/C11H15F2N/c1-7-4-5-8(12)9(10(7)13)11(2,3)6-14/h4-5H,6,14H2,1-3H3. The van der Waals surface area contributed by atoms with Gasteiger partial charge in [-0.25, -0.2) is 8.78 Å². The summed E-state index contributed by atoms with van der Waals surface area (Å²) >= 11 is 0. The van der Waals surface area contributed by atoms with Gasteiger partial charge in [-0.3, -0.25) is 0 Å². The van der Waals surface area contributed by atoms with Gasteiger partial charge in [0.25, 0.3) is 0 Å². The fraction of sp³-hybridized carbons (Fsp3) is 0.455. The van der Waals surface area contributed by atoms with Crippen LogP contribution in [0.3, 0.4) is 0 Å². The Bertz CT molecular complexity index is 345. The highest BCUT2D eigenvalue weighted by Gasteiger charge is 2.27. The zero-order chi connectivity index (χ0) is 10.9. The second kappa shape index (κ2) is 3.65. The van der Waals surface area contributed by atoms with Crippen molar-refractivity contribution in [3.8, 4) is 0 Å². The predicted molar refractivity (Wildman–Crippen MR) is 53.2 cm³/mol. The molecular weight excluding hydrogens is 184 g/mol. The van der Waals surface area contributed by atoms with Crippen LogP contribution in [0.5, 0.6) is 0 Å².